The van der Waals surface area contributed by atoms with Gasteiger partial charge >= 0.3 is 5.69 Å². The van der Waals surface area contributed by atoms with Crippen molar-refractivity contribution in [3.8, 4) is 5.75 Å². The third kappa shape index (κ3) is 3.49. The number of hydrogen-bond donors (Lipinski definition) is 2. The molecule has 116 valence electrons. The summed E-state index contributed by atoms with van der Waals surface area (Å²) in [6.45, 7) is 0.452. The van der Waals surface area contributed by atoms with Gasteiger partial charge in [-0.15, -0.1) is 0 Å². The quantitative estimate of drug-likeness (QED) is 0.607. The molecule has 0 radical (unpaired) electrons. The van der Waals surface area contributed by atoms with E-state index < -0.39 is 20.6 Å². The number of nitrogens with zero attached hydrogens (tertiary/aromatic N) is 1. The molecule has 1 aliphatic carbocycles. The van der Waals surface area contributed by atoms with Crippen LogP contribution in [0.1, 0.15) is 19.3 Å². The maximum absolute atomic E-state index is 11.3. The Balaban J connectivity index is 2.33. The van der Waals surface area contributed by atoms with Crippen molar-refractivity contribution in [1.82, 2.24) is 0 Å². The second-order valence-corrected chi connectivity index (χ2v) is 6.58. The second-order valence-electron chi connectivity index (χ2n) is 5.01. The molecule has 1 saturated carbocycles. The van der Waals surface area contributed by atoms with Crippen LogP contribution in [0, 0.1) is 16.0 Å². The highest BCUT2D eigenvalue weighted by atomic mass is 32.2. The van der Waals surface area contributed by atoms with Crippen molar-refractivity contribution in [1.29, 1.82) is 0 Å². The van der Waals surface area contributed by atoms with E-state index in [0.717, 1.165) is 25.3 Å². The van der Waals surface area contributed by atoms with Crippen molar-refractivity contribution in [3.63, 3.8) is 0 Å². The van der Waals surface area contributed by atoms with Crippen LogP contribution in [0.25, 0.3) is 0 Å². The SMILES string of the molecule is NCC1CCCC1Oc1ccc(S(N)(=O)=O)cc1[N+](=O)[O-]. The molecule has 2 rings (SSSR count). The van der Waals surface area contributed by atoms with Crippen LogP contribution >= 0.6 is 0 Å². The molecule has 0 amide bonds. The number of primary sulfonamides is 1. The fourth-order valence-corrected chi connectivity index (χ4v) is 3.04. The maximum Gasteiger partial charge on any atom is 0.312 e. The van der Waals surface area contributed by atoms with E-state index >= 15 is 0 Å². The molecule has 1 aromatic rings. The molecule has 8 nitrogen and oxygen atoms in total. The molecule has 1 aliphatic rings. The van der Waals surface area contributed by atoms with E-state index in [-0.39, 0.29) is 22.7 Å². The minimum absolute atomic E-state index is 0.0396. The molecule has 0 heterocycles. The number of ether oxygens (including phenoxy) is 1. The number of nitro groups is 1. The van der Waals surface area contributed by atoms with Gasteiger partial charge in [0.2, 0.25) is 10.0 Å². The van der Waals surface area contributed by atoms with Crippen LogP contribution in [0.15, 0.2) is 23.1 Å². The van der Waals surface area contributed by atoms with Crippen molar-refractivity contribution in [2.75, 3.05) is 6.54 Å². The summed E-state index contributed by atoms with van der Waals surface area (Å²) >= 11 is 0. The summed E-state index contributed by atoms with van der Waals surface area (Å²) in [6, 6.07) is 3.38. The van der Waals surface area contributed by atoms with Gasteiger partial charge in [-0.1, -0.05) is 0 Å². The van der Waals surface area contributed by atoms with Crippen LogP contribution in [0.4, 0.5) is 5.69 Å². The lowest BCUT2D eigenvalue weighted by Crippen LogP contribution is -2.27. The van der Waals surface area contributed by atoms with Crippen LogP contribution in [0.2, 0.25) is 0 Å². The molecule has 21 heavy (non-hydrogen) atoms. The highest BCUT2D eigenvalue weighted by Gasteiger charge is 2.30. The van der Waals surface area contributed by atoms with Gasteiger partial charge in [0.05, 0.1) is 9.82 Å². The molecule has 0 aliphatic heterocycles. The van der Waals surface area contributed by atoms with Gasteiger partial charge in [-0.2, -0.15) is 0 Å². The fourth-order valence-electron chi connectivity index (χ4n) is 2.51. The first-order chi connectivity index (χ1) is 9.82. The van der Waals surface area contributed by atoms with E-state index in [4.69, 9.17) is 15.6 Å². The molecule has 4 N–H and O–H groups in total. The van der Waals surface area contributed by atoms with Gasteiger partial charge in [0, 0.05) is 12.0 Å². The molecular formula is C12H17N3O5S. The molecule has 0 bridgehead atoms. The number of hydrogen-bond acceptors (Lipinski definition) is 6. The average molecular weight is 315 g/mol. The Morgan fingerprint density at radius 2 is 2.10 bits per heavy atom. The van der Waals surface area contributed by atoms with Gasteiger partial charge in [-0.3, -0.25) is 10.1 Å². The smallest absolute Gasteiger partial charge is 0.312 e. The largest absolute Gasteiger partial charge is 0.483 e. The lowest BCUT2D eigenvalue weighted by atomic mass is 10.1. The molecule has 1 aromatic carbocycles. The van der Waals surface area contributed by atoms with Crippen LogP contribution in [-0.4, -0.2) is 26.0 Å². The van der Waals surface area contributed by atoms with Crippen molar-refractivity contribution in [3.05, 3.63) is 28.3 Å². The summed E-state index contributed by atoms with van der Waals surface area (Å²) in [7, 11) is -4.00. The Morgan fingerprint density at radius 3 is 2.67 bits per heavy atom. The Kier molecular flexibility index (Phi) is 4.45. The maximum atomic E-state index is 11.3. The monoisotopic (exact) mass is 315 g/mol. The predicted octanol–water partition coefficient (Wildman–Crippen LogP) is 0.748. The number of sulfonamides is 1. The minimum atomic E-state index is -4.00. The van der Waals surface area contributed by atoms with Gasteiger partial charge < -0.3 is 10.5 Å². The standard InChI is InChI=1S/C12H17N3O5S/c13-7-8-2-1-3-11(8)20-12-5-4-9(21(14,18)19)6-10(12)15(16)17/h4-6,8,11H,1-3,7,13H2,(H2,14,18,19). The van der Waals surface area contributed by atoms with E-state index in [1.54, 1.807) is 0 Å². The molecule has 0 saturated heterocycles. The summed E-state index contributed by atoms with van der Waals surface area (Å²) < 4.78 is 28.2. The summed E-state index contributed by atoms with van der Waals surface area (Å²) in [4.78, 5) is 10.1. The third-order valence-corrected chi connectivity index (χ3v) is 4.54. The first kappa shape index (κ1) is 15.7. The summed E-state index contributed by atoms with van der Waals surface area (Å²) in [5.41, 5.74) is 5.23. The van der Waals surface area contributed by atoms with Crippen LogP contribution in [0.5, 0.6) is 5.75 Å². The molecule has 0 aromatic heterocycles. The van der Waals surface area contributed by atoms with Gasteiger partial charge in [0.15, 0.2) is 5.75 Å². The minimum Gasteiger partial charge on any atom is -0.483 e. The molecule has 2 atom stereocenters. The van der Waals surface area contributed by atoms with E-state index in [9.17, 15) is 18.5 Å². The molecule has 1 fully saturated rings. The van der Waals surface area contributed by atoms with Gasteiger partial charge in [-0.05, 0) is 37.9 Å². The van der Waals surface area contributed by atoms with Crippen molar-refractivity contribution in [2.24, 2.45) is 16.8 Å². The zero-order chi connectivity index (χ0) is 15.6. The van der Waals surface area contributed by atoms with E-state index in [0.29, 0.717) is 6.54 Å². The average Bonchev–Trinajstić information content (AvgIpc) is 2.84. The third-order valence-electron chi connectivity index (χ3n) is 3.63. The first-order valence-corrected chi connectivity index (χ1v) is 8.05. The number of nitrogens with two attached hydrogens (primary N) is 2. The number of rotatable bonds is 5. The lowest BCUT2D eigenvalue weighted by Gasteiger charge is -2.19. The van der Waals surface area contributed by atoms with Crippen LogP contribution in [-0.2, 0) is 10.0 Å². The van der Waals surface area contributed by atoms with E-state index in [1.165, 1.54) is 12.1 Å². The van der Waals surface area contributed by atoms with Crippen molar-refractivity contribution < 1.29 is 18.1 Å². The summed E-state index contributed by atoms with van der Waals surface area (Å²) in [6.07, 6.45) is 2.46. The molecular weight excluding hydrogens is 298 g/mol. The number of nitro benzene ring substituents is 1. The van der Waals surface area contributed by atoms with Crippen LogP contribution < -0.4 is 15.6 Å². The Labute approximate surface area is 122 Å². The Morgan fingerprint density at radius 1 is 1.38 bits per heavy atom. The topological polar surface area (TPSA) is 139 Å². The zero-order valence-corrected chi connectivity index (χ0v) is 12.1. The highest BCUT2D eigenvalue weighted by Crippen LogP contribution is 2.34. The second kappa shape index (κ2) is 5.96. The highest BCUT2D eigenvalue weighted by molar-refractivity contribution is 7.89. The summed E-state index contributed by atoms with van der Waals surface area (Å²) in [5.74, 6) is 0.195. The molecule has 9 heteroatoms. The first-order valence-electron chi connectivity index (χ1n) is 6.51. The van der Waals surface area contributed by atoms with Gasteiger partial charge in [0.25, 0.3) is 0 Å². The summed E-state index contributed by atoms with van der Waals surface area (Å²) in [5, 5.41) is 16.1. The normalized spacial score (nSPS) is 22.2. The zero-order valence-electron chi connectivity index (χ0n) is 11.3. The molecule has 2 unspecified atom stereocenters. The van der Waals surface area contributed by atoms with Gasteiger partial charge in [0.1, 0.15) is 6.10 Å². The fraction of sp³-hybridized carbons (Fsp3) is 0.500. The van der Waals surface area contributed by atoms with Crippen molar-refractivity contribution in [2.45, 2.75) is 30.3 Å². The number of benzene rings is 1. The predicted molar refractivity (Wildman–Crippen MR) is 75.3 cm³/mol. The Hall–Kier alpha value is -1.71. The van der Waals surface area contributed by atoms with Crippen LogP contribution in [0.3, 0.4) is 0 Å². The van der Waals surface area contributed by atoms with E-state index in [1.807, 2.05) is 0 Å². The lowest BCUT2D eigenvalue weighted by molar-refractivity contribution is -0.386. The van der Waals surface area contributed by atoms with E-state index in [2.05, 4.69) is 0 Å². The Bertz CT molecular complexity index is 646. The van der Waals surface area contributed by atoms with Gasteiger partial charge in [-0.25, -0.2) is 13.6 Å². The van der Waals surface area contributed by atoms with Crippen molar-refractivity contribution >= 4 is 15.7 Å². The molecule has 0 spiro atoms.